The van der Waals surface area contributed by atoms with E-state index in [1.807, 2.05) is 4.90 Å². The lowest BCUT2D eigenvalue weighted by molar-refractivity contribution is -0.162. The predicted molar refractivity (Wildman–Crippen MR) is 82.1 cm³/mol. The van der Waals surface area contributed by atoms with Crippen LogP contribution >= 0.6 is 31.9 Å². The van der Waals surface area contributed by atoms with Crippen molar-refractivity contribution in [3.8, 4) is 0 Å². The molecule has 0 aromatic rings. The fourth-order valence-corrected chi connectivity index (χ4v) is 3.75. The lowest BCUT2D eigenvalue weighted by Gasteiger charge is -2.33. The van der Waals surface area contributed by atoms with E-state index in [9.17, 15) is 9.59 Å². The summed E-state index contributed by atoms with van der Waals surface area (Å²) >= 11 is 6.63. The Labute approximate surface area is 135 Å². The van der Waals surface area contributed by atoms with E-state index in [1.54, 1.807) is 12.4 Å². The van der Waals surface area contributed by atoms with Crippen molar-refractivity contribution in [1.82, 2.24) is 4.90 Å². The molecular weight excluding hydrogens is 394 g/mol. The Morgan fingerprint density at radius 3 is 1.95 bits per heavy atom. The monoisotopic (exact) mass is 409 g/mol. The highest BCUT2D eigenvalue weighted by Gasteiger charge is 2.55. The molecule has 0 amide bonds. The van der Waals surface area contributed by atoms with Crippen molar-refractivity contribution in [3.05, 3.63) is 21.4 Å². The molecule has 0 aliphatic carbocycles. The number of carbonyl (C=O) groups is 2. The van der Waals surface area contributed by atoms with Crippen molar-refractivity contribution in [2.24, 2.45) is 5.41 Å². The third-order valence-corrected chi connectivity index (χ3v) is 4.63. The van der Waals surface area contributed by atoms with Gasteiger partial charge in [0, 0.05) is 27.9 Å². The molecule has 0 fully saturated rings. The summed E-state index contributed by atoms with van der Waals surface area (Å²) in [5, 5.41) is 0. The Morgan fingerprint density at radius 1 is 1.15 bits per heavy atom. The van der Waals surface area contributed by atoms with Crippen molar-refractivity contribution in [1.29, 1.82) is 0 Å². The standard InChI is InChI=1S/C13H17Br2NO4/c1-4-5-6-16-7-9(14)13(10(15)8-16,11(17)19-2)12(18)20-3/h7-8H,4-6H2,1-3H3. The minimum atomic E-state index is -1.62. The fraction of sp³-hybridized carbons (Fsp3) is 0.538. The van der Waals surface area contributed by atoms with Crippen LogP contribution in [0.2, 0.25) is 0 Å². The van der Waals surface area contributed by atoms with Crippen molar-refractivity contribution in [2.45, 2.75) is 19.8 Å². The fourth-order valence-electron chi connectivity index (χ4n) is 1.89. The van der Waals surface area contributed by atoms with E-state index in [2.05, 4.69) is 38.8 Å². The number of halogens is 2. The van der Waals surface area contributed by atoms with E-state index in [1.165, 1.54) is 14.2 Å². The van der Waals surface area contributed by atoms with E-state index in [4.69, 9.17) is 9.47 Å². The molecule has 1 heterocycles. The summed E-state index contributed by atoms with van der Waals surface area (Å²) in [7, 11) is 2.47. The van der Waals surface area contributed by atoms with Crippen LogP contribution in [0, 0.1) is 5.41 Å². The second-order valence-electron chi connectivity index (χ2n) is 4.28. The van der Waals surface area contributed by atoms with Gasteiger partial charge in [0.05, 0.1) is 14.2 Å². The van der Waals surface area contributed by atoms with Gasteiger partial charge in [-0.05, 0) is 6.42 Å². The number of unbranched alkanes of at least 4 members (excludes halogenated alkanes) is 1. The van der Waals surface area contributed by atoms with E-state index in [-0.39, 0.29) is 0 Å². The number of hydrogen-bond acceptors (Lipinski definition) is 5. The summed E-state index contributed by atoms with van der Waals surface area (Å²) in [5.41, 5.74) is -1.62. The van der Waals surface area contributed by atoms with Crippen molar-refractivity contribution in [3.63, 3.8) is 0 Å². The molecule has 7 heteroatoms. The molecule has 0 aromatic carbocycles. The van der Waals surface area contributed by atoms with Gasteiger partial charge in [-0.3, -0.25) is 9.59 Å². The Hall–Kier alpha value is -0.820. The van der Waals surface area contributed by atoms with Gasteiger partial charge in [-0.25, -0.2) is 0 Å². The minimum absolute atomic E-state index is 0.383. The van der Waals surface area contributed by atoms with Gasteiger partial charge in [-0.2, -0.15) is 0 Å². The Morgan fingerprint density at radius 2 is 1.60 bits per heavy atom. The lowest BCUT2D eigenvalue weighted by Crippen LogP contribution is -2.44. The van der Waals surface area contributed by atoms with Crippen LogP contribution in [0.25, 0.3) is 0 Å². The van der Waals surface area contributed by atoms with Crippen LogP contribution in [0.3, 0.4) is 0 Å². The summed E-state index contributed by atoms with van der Waals surface area (Å²) in [4.78, 5) is 26.2. The highest BCUT2D eigenvalue weighted by atomic mass is 79.9. The quantitative estimate of drug-likeness (QED) is 0.515. The smallest absolute Gasteiger partial charge is 0.333 e. The maximum Gasteiger partial charge on any atom is 0.333 e. The van der Waals surface area contributed by atoms with Gasteiger partial charge in [0.25, 0.3) is 0 Å². The summed E-state index contributed by atoms with van der Waals surface area (Å²) in [6.45, 7) is 2.88. The predicted octanol–water partition coefficient (Wildman–Crippen LogP) is 2.91. The molecule has 5 nitrogen and oxygen atoms in total. The number of ether oxygens (including phenoxy) is 2. The number of nitrogens with zero attached hydrogens (tertiary/aromatic N) is 1. The Kier molecular flexibility index (Phi) is 6.26. The van der Waals surface area contributed by atoms with Gasteiger partial charge in [0.1, 0.15) is 0 Å². The lowest BCUT2D eigenvalue weighted by atomic mass is 9.86. The van der Waals surface area contributed by atoms with Gasteiger partial charge >= 0.3 is 11.9 Å². The molecule has 0 radical (unpaired) electrons. The summed E-state index contributed by atoms with van der Waals surface area (Å²) in [6, 6.07) is 0. The maximum absolute atomic E-state index is 12.1. The van der Waals surface area contributed by atoms with Crippen LogP contribution < -0.4 is 0 Å². The Bertz CT molecular complexity index is 421. The van der Waals surface area contributed by atoms with Crippen LogP contribution in [0.1, 0.15) is 19.8 Å². The van der Waals surface area contributed by atoms with Crippen LogP contribution in [-0.4, -0.2) is 37.6 Å². The van der Waals surface area contributed by atoms with Gasteiger partial charge in [0.15, 0.2) is 0 Å². The molecule has 20 heavy (non-hydrogen) atoms. The number of carbonyl (C=O) groups excluding carboxylic acids is 2. The van der Waals surface area contributed by atoms with Gasteiger partial charge in [-0.1, -0.05) is 45.2 Å². The SMILES string of the molecule is CCCCN1C=C(Br)C(C(=O)OC)(C(=O)OC)C(Br)=C1. The number of rotatable bonds is 5. The minimum Gasteiger partial charge on any atom is -0.468 e. The first-order valence-electron chi connectivity index (χ1n) is 6.13. The molecule has 1 aliphatic heterocycles. The van der Waals surface area contributed by atoms with Crippen LogP contribution in [0.4, 0.5) is 0 Å². The number of esters is 2. The highest BCUT2D eigenvalue weighted by molar-refractivity contribution is 9.12. The molecule has 0 N–H and O–H groups in total. The normalized spacial score (nSPS) is 17.1. The highest BCUT2D eigenvalue weighted by Crippen LogP contribution is 2.47. The average Bonchev–Trinajstić information content (AvgIpc) is 2.43. The summed E-state index contributed by atoms with van der Waals surface area (Å²) < 4.78 is 10.3. The molecule has 0 saturated heterocycles. The first-order valence-corrected chi connectivity index (χ1v) is 7.71. The summed E-state index contributed by atoms with van der Waals surface area (Å²) in [5.74, 6) is -1.41. The molecule has 1 rings (SSSR count). The summed E-state index contributed by atoms with van der Waals surface area (Å²) in [6.07, 6.45) is 5.45. The zero-order chi connectivity index (χ0) is 15.3. The van der Waals surface area contributed by atoms with E-state index >= 15 is 0 Å². The first kappa shape index (κ1) is 17.2. The average molecular weight is 411 g/mol. The van der Waals surface area contributed by atoms with Gasteiger partial charge in [-0.15, -0.1) is 0 Å². The van der Waals surface area contributed by atoms with Crippen molar-refractivity contribution in [2.75, 3.05) is 20.8 Å². The largest absolute Gasteiger partial charge is 0.468 e. The van der Waals surface area contributed by atoms with E-state index in [0.717, 1.165) is 19.4 Å². The van der Waals surface area contributed by atoms with Crippen molar-refractivity contribution >= 4 is 43.8 Å². The molecule has 0 unspecified atom stereocenters. The van der Waals surface area contributed by atoms with Gasteiger partial charge in [0.2, 0.25) is 5.41 Å². The Balaban J connectivity index is 3.24. The van der Waals surface area contributed by atoms with Crippen molar-refractivity contribution < 1.29 is 19.1 Å². The zero-order valence-electron chi connectivity index (χ0n) is 11.6. The number of hydrogen-bond donors (Lipinski definition) is 0. The molecule has 0 bridgehead atoms. The maximum atomic E-state index is 12.1. The molecule has 0 atom stereocenters. The second-order valence-corrected chi connectivity index (χ2v) is 5.99. The molecular formula is C13H17Br2NO4. The molecule has 0 saturated carbocycles. The molecule has 1 aliphatic rings. The van der Waals surface area contributed by atoms with Gasteiger partial charge < -0.3 is 14.4 Å². The number of methoxy groups -OCH3 is 2. The van der Waals surface area contributed by atoms with E-state index < -0.39 is 17.4 Å². The molecule has 112 valence electrons. The third-order valence-electron chi connectivity index (χ3n) is 3.03. The molecule has 0 aromatic heterocycles. The first-order chi connectivity index (χ1) is 9.44. The third kappa shape index (κ3) is 2.93. The topological polar surface area (TPSA) is 55.8 Å². The molecule has 0 spiro atoms. The van der Waals surface area contributed by atoms with E-state index in [0.29, 0.717) is 8.96 Å². The second kappa shape index (κ2) is 7.26. The van der Waals surface area contributed by atoms with Crippen LogP contribution in [0.5, 0.6) is 0 Å². The van der Waals surface area contributed by atoms with Crippen LogP contribution in [0.15, 0.2) is 21.4 Å². The zero-order valence-corrected chi connectivity index (χ0v) is 14.8. The van der Waals surface area contributed by atoms with Crippen LogP contribution in [-0.2, 0) is 19.1 Å².